The van der Waals surface area contributed by atoms with Crippen molar-refractivity contribution >= 4 is 39.8 Å². The van der Waals surface area contributed by atoms with Crippen LogP contribution in [0.25, 0.3) is 10.8 Å². The lowest BCUT2D eigenvalue weighted by Crippen LogP contribution is -2.46. The van der Waals surface area contributed by atoms with Crippen LogP contribution in [-0.2, 0) is 20.7 Å². The van der Waals surface area contributed by atoms with Gasteiger partial charge in [-0.2, -0.15) is 0 Å². The van der Waals surface area contributed by atoms with E-state index in [1.807, 2.05) is 69.3 Å². The number of Topliss-reactive ketones (excluding diaryl/α,β-unsaturated/α-hetero) is 1. The number of carbonyl (C=O) groups is 3. The topological polar surface area (TPSA) is 72.5 Å². The van der Waals surface area contributed by atoms with Crippen molar-refractivity contribution in [2.45, 2.75) is 33.2 Å². The van der Waals surface area contributed by atoms with Gasteiger partial charge in [-0.05, 0) is 41.3 Å². The van der Waals surface area contributed by atoms with E-state index in [2.05, 4.69) is 5.32 Å². The van der Waals surface area contributed by atoms with Gasteiger partial charge in [-0.3, -0.25) is 9.59 Å². The molecular weight excluding hydrogens is 398 g/mol. The van der Waals surface area contributed by atoms with Crippen molar-refractivity contribution in [3.63, 3.8) is 0 Å². The van der Waals surface area contributed by atoms with Crippen molar-refractivity contribution < 1.29 is 19.1 Å². The number of hydrogen-bond donors (Lipinski definition) is 1. The molecule has 0 aliphatic heterocycles. The highest BCUT2D eigenvalue weighted by molar-refractivity contribution is 7.14. The number of esters is 1. The Morgan fingerprint density at radius 2 is 1.73 bits per heavy atom. The van der Waals surface area contributed by atoms with Gasteiger partial charge in [0.25, 0.3) is 0 Å². The van der Waals surface area contributed by atoms with Crippen LogP contribution in [0.5, 0.6) is 0 Å². The molecule has 1 heterocycles. The van der Waals surface area contributed by atoms with E-state index in [4.69, 9.17) is 4.74 Å². The SMILES string of the molecule is Cc1ccc(C(=O)COC(=O)[C@@H](NC(=O)Cc2cccc3ccccc23)C(C)C)s1. The highest BCUT2D eigenvalue weighted by atomic mass is 32.1. The maximum Gasteiger partial charge on any atom is 0.329 e. The van der Waals surface area contributed by atoms with Crippen molar-refractivity contribution in [3.8, 4) is 0 Å². The molecule has 1 atom stereocenters. The zero-order valence-corrected chi connectivity index (χ0v) is 18.1. The average Bonchev–Trinajstić information content (AvgIpc) is 3.16. The Morgan fingerprint density at radius 3 is 2.43 bits per heavy atom. The summed E-state index contributed by atoms with van der Waals surface area (Å²) in [4.78, 5) is 39.0. The first-order chi connectivity index (χ1) is 14.3. The summed E-state index contributed by atoms with van der Waals surface area (Å²) in [6, 6.07) is 16.4. The Kier molecular flexibility index (Phi) is 7.00. The van der Waals surface area contributed by atoms with E-state index in [1.54, 1.807) is 6.07 Å². The van der Waals surface area contributed by atoms with Crippen LogP contribution in [0.1, 0.15) is 34.0 Å². The van der Waals surface area contributed by atoms with Gasteiger partial charge in [0, 0.05) is 4.88 Å². The number of amides is 1. The lowest BCUT2D eigenvalue weighted by molar-refractivity contribution is -0.148. The molecule has 0 unspecified atom stereocenters. The first-order valence-electron chi connectivity index (χ1n) is 9.87. The van der Waals surface area contributed by atoms with E-state index < -0.39 is 12.0 Å². The molecule has 6 heteroatoms. The lowest BCUT2D eigenvalue weighted by atomic mass is 10.0. The summed E-state index contributed by atoms with van der Waals surface area (Å²) in [6.45, 7) is 5.23. The molecule has 0 bridgehead atoms. The molecule has 1 N–H and O–H groups in total. The second-order valence-electron chi connectivity index (χ2n) is 7.55. The third-order valence-corrected chi connectivity index (χ3v) is 5.87. The minimum absolute atomic E-state index is 0.158. The molecule has 30 heavy (non-hydrogen) atoms. The molecule has 0 saturated heterocycles. The van der Waals surface area contributed by atoms with Crippen LogP contribution >= 0.6 is 11.3 Å². The molecule has 2 aromatic carbocycles. The second-order valence-corrected chi connectivity index (χ2v) is 8.83. The Morgan fingerprint density at radius 1 is 1.00 bits per heavy atom. The maximum absolute atomic E-state index is 12.7. The summed E-state index contributed by atoms with van der Waals surface area (Å²) in [5.74, 6) is -1.28. The van der Waals surface area contributed by atoms with Crippen LogP contribution in [0.15, 0.2) is 54.6 Å². The van der Waals surface area contributed by atoms with Crippen LogP contribution in [-0.4, -0.2) is 30.3 Å². The highest BCUT2D eigenvalue weighted by Gasteiger charge is 2.26. The molecule has 0 fully saturated rings. The van der Waals surface area contributed by atoms with E-state index in [0.29, 0.717) is 4.88 Å². The second kappa shape index (κ2) is 9.67. The zero-order valence-electron chi connectivity index (χ0n) is 17.3. The van der Waals surface area contributed by atoms with Gasteiger partial charge < -0.3 is 10.1 Å². The fraction of sp³-hybridized carbons (Fsp3) is 0.292. The first-order valence-corrected chi connectivity index (χ1v) is 10.7. The number of ketones is 1. The average molecular weight is 424 g/mol. The maximum atomic E-state index is 12.7. The monoisotopic (exact) mass is 423 g/mol. The van der Waals surface area contributed by atoms with Gasteiger partial charge in [0.05, 0.1) is 11.3 Å². The van der Waals surface area contributed by atoms with E-state index in [9.17, 15) is 14.4 Å². The van der Waals surface area contributed by atoms with Gasteiger partial charge in [-0.15, -0.1) is 11.3 Å². The van der Waals surface area contributed by atoms with E-state index in [1.165, 1.54) is 11.3 Å². The van der Waals surface area contributed by atoms with Gasteiger partial charge in [0.15, 0.2) is 6.61 Å². The summed E-state index contributed by atoms with van der Waals surface area (Å²) in [5, 5.41) is 4.84. The van der Waals surface area contributed by atoms with Gasteiger partial charge >= 0.3 is 5.97 Å². The third kappa shape index (κ3) is 5.33. The molecule has 156 valence electrons. The Labute approximate surface area is 180 Å². The van der Waals surface area contributed by atoms with Crippen LogP contribution in [0.4, 0.5) is 0 Å². The fourth-order valence-electron chi connectivity index (χ4n) is 3.22. The predicted molar refractivity (Wildman–Crippen MR) is 119 cm³/mol. The van der Waals surface area contributed by atoms with Crippen LogP contribution < -0.4 is 5.32 Å². The zero-order chi connectivity index (χ0) is 21.7. The largest absolute Gasteiger partial charge is 0.456 e. The number of carbonyl (C=O) groups excluding carboxylic acids is 3. The molecule has 5 nitrogen and oxygen atoms in total. The highest BCUT2D eigenvalue weighted by Crippen LogP contribution is 2.19. The van der Waals surface area contributed by atoms with Crippen molar-refractivity contribution in [1.82, 2.24) is 5.32 Å². The molecule has 0 saturated carbocycles. The summed E-state index contributed by atoms with van der Waals surface area (Å²) in [5.41, 5.74) is 0.893. The minimum Gasteiger partial charge on any atom is -0.456 e. The number of aryl methyl sites for hydroxylation is 1. The Balaban J connectivity index is 1.62. The van der Waals surface area contributed by atoms with Gasteiger partial charge in [0.2, 0.25) is 11.7 Å². The summed E-state index contributed by atoms with van der Waals surface area (Å²) < 4.78 is 5.22. The van der Waals surface area contributed by atoms with E-state index >= 15 is 0 Å². The number of rotatable bonds is 8. The molecular formula is C24H25NO4S. The van der Waals surface area contributed by atoms with E-state index in [-0.39, 0.29) is 30.6 Å². The summed E-state index contributed by atoms with van der Waals surface area (Å²) >= 11 is 1.36. The smallest absolute Gasteiger partial charge is 0.329 e. The fourth-order valence-corrected chi connectivity index (χ4v) is 4.02. The molecule has 3 aromatic rings. The predicted octanol–water partition coefficient (Wildman–Crippen LogP) is 4.32. The summed E-state index contributed by atoms with van der Waals surface area (Å²) in [7, 11) is 0. The number of benzene rings is 2. The quantitative estimate of drug-likeness (QED) is 0.433. The molecule has 0 aliphatic rings. The number of hydrogen-bond acceptors (Lipinski definition) is 5. The van der Waals surface area contributed by atoms with E-state index in [0.717, 1.165) is 21.2 Å². The minimum atomic E-state index is -0.814. The molecule has 1 aromatic heterocycles. The van der Waals surface area contributed by atoms with Crippen LogP contribution in [0.3, 0.4) is 0 Å². The molecule has 3 rings (SSSR count). The van der Waals surface area contributed by atoms with Crippen LogP contribution in [0, 0.1) is 12.8 Å². The van der Waals surface area contributed by atoms with Crippen molar-refractivity contribution in [2.24, 2.45) is 5.92 Å². The van der Waals surface area contributed by atoms with Crippen molar-refractivity contribution in [2.75, 3.05) is 6.61 Å². The standard InChI is InChI=1S/C24H25NO4S/c1-15(2)23(24(28)29-14-20(26)21-12-11-16(3)30-21)25-22(27)13-18-9-6-8-17-7-4-5-10-19(17)18/h4-12,15,23H,13-14H2,1-3H3,(H,25,27)/t23-/m0/s1. The van der Waals surface area contributed by atoms with Gasteiger partial charge in [0.1, 0.15) is 6.04 Å². The van der Waals surface area contributed by atoms with Crippen LogP contribution in [0.2, 0.25) is 0 Å². The van der Waals surface area contributed by atoms with Crippen molar-refractivity contribution in [1.29, 1.82) is 0 Å². The Hall–Kier alpha value is -2.99. The molecule has 1 amide bonds. The van der Waals surface area contributed by atoms with Crippen molar-refractivity contribution in [3.05, 3.63) is 69.9 Å². The molecule has 0 aliphatic carbocycles. The number of thiophene rings is 1. The third-order valence-electron chi connectivity index (χ3n) is 4.83. The molecule has 0 radical (unpaired) electrons. The molecule has 0 spiro atoms. The van der Waals surface area contributed by atoms with Gasteiger partial charge in [-0.25, -0.2) is 4.79 Å². The number of fused-ring (bicyclic) bond motifs is 1. The summed E-state index contributed by atoms with van der Waals surface area (Å²) in [6.07, 6.45) is 0.158. The normalized spacial score (nSPS) is 12.0. The first kappa shape index (κ1) is 21.7. The van der Waals surface area contributed by atoms with Gasteiger partial charge in [-0.1, -0.05) is 56.3 Å². The lowest BCUT2D eigenvalue weighted by Gasteiger charge is -2.21. The number of nitrogens with one attached hydrogen (secondary N) is 1. The Bertz CT molecular complexity index is 1060. The number of ether oxygens (including phenoxy) is 1.